The van der Waals surface area contributed by atoms with Crippen molar-refractivity contribution in [3.8, 4) is 11.8 Å². The highest BCUT2D eigenvalue weighted by Crippen LogP contribution is 2.22. The fraction of sp³-hybridized carbons (Fsp3) is 0.200. The van der Waals surface area contributed by atoms with Crippen LogP contribution in [0.25, 0.3) is 0 Å². The van der Waals surface area contributed by atoms with Crippen LogP contribution in [0.1, 0.15) is 11.1 Å². The minimum absolute atomic E-state index is 0.459. The highest BCUT2D eigenvalue weighted by atomic mass is 16.5. The van der Waals surface area contributed by atoms with Crippen LogP contribution in [0.3, 0.4) is 0 Å². The number of ether oxygens (including phenoxy) is 1. The number of nitrogens with two attached hydrogens (primary N) is 1. The zero-order chi connectivity index (χ0) is 14.5. The summed E-state index contributed by atoms with van der Waals surface area (Å²) in [6, 6.07) is 11.5. The molecule has 0 aliphatic carbocycles. The number of pyridine rings is 1. The topological polar surface area (TPSA) is 75.2 Å². The third kappa shape index (κ3) is 2.98. The van der Waals surface area contributed by atoms with Crippen LogP contribution < -0.4 is 15.4 Å². The standard InChI is InChI=1S/C15H16N4O/c1-19(10-11-4-3-5-13(6-11)20-2)15-14(17)7-12(8-16)9-18-15/h3-7,9H,10,17H2,1-2H3. The van der Waals surface area contributed by atoms with Crippen molar-refractivity contribution in [1.82, 2.24) is 4.98 Å². The summed E-state index contributed by atoms with van der Waals surface area (Å²) in [4.78, 5) is 6.17. The van der Waals surface area contributed by atoms with E-state index in [0.717, 1.165) is 11.3 Å². The van der Waals surface area contributed by atoms with Gasteiger partial charge in [0.05, 0.1) is 18.4 Å². The first-order valence-corrected chi connectivity index (χ1v) is 6.13. The van der Waals surface area contributed by atoms with Crippen molar-refractivity contribution in [2.75, 3.05) is 24.8 Å². The Bertz CT molecular complexity index is 649. The maximum atomic E-state index is 8.81. The van der Waals surface area contributed by atoms with Crippen molar-refractivity contribution in [2.45, 2.75) is 6.54 Å². The zero-order valence-corrected chi connectivity index (χ0v) is 11.5. The van der Waals surface area contributed by atoms with E-state index in [9.17, 15) is 0 Å². The summed E-state index contributed by atoms with van der Waals surface area (Å²) in [7, 11) is 3.55. The SMILES string of the molecule is COc1cccc(CN(C)c2ncc(C#N)cc2N)c1. The average Bonchev–Trinajstić information content (AvgIpc) is 2.47. The lowest BCUT2D eigenvalue weighted by atomic mass is 10.2. The van der Waals surface area contributed by atoms with E-state index in [1.807, 2.05) is 42.3 Å². The van der Waals surface area contributed by atoms with Crippen LogP contribution in [0.2, 0.25) is 0 Å². The predicted molar refractivity (Wildman–Crippen MR) is 78.5 cm³/mol. The molecule has 0 radical (unpaired) electrons. The monoisotopic (exact) mass is 268 g/mol. The second-order valence-electron chi connectivity index (χ2n) is 4.46. The molecule has 2 N–H and O–H groups in total. The number of anilines is 2. The third-order valence-electron chi connectivity index (χ3n) is 2.94. The van der Waals surface area contributed by atoms with Gasteiger partial charge in [-0.3, -0.25) is 0 Å². The molecule has 0 aliphatic heterocycles. The second kappa shape index (κ2) is 5.93. The minimum atomic E-state index is 0.459. The van der Waals surface area contributed by atoms with Gasteiger partial charge in [0.2, 0.25) is 0 Å². The van der Waals surface area contributed by atoms with Gasteiger partial charge in [-0.2, -0.15) is 5.26 Å². The lowest BCUT2D eigenvalue weighted by Gasteiger charge is -2.20. The number of methoxy groups -OCH3 is 1. The smallest absolute Gasteiger partial charge is 0.151 e. The van der Waals surface area contributed by atoms with Crippen LogP contribution in [0, 0.1) is 11.3 Å². The van der Waals surface area contributed by atoms with Crippen LogP contribution in [-0.2, 0) is 6.54 Å². The molecule has 20 heavy (non-hydrogen) atoms. The molecule has 0 amide bonds. The van der Waals surface area contributed by atoms with Gasteiger partial charge in [-0.25, -0.2) is 4.98 Å². The predicted octanol–water partition coefficient (Wildman–Crippen LogP) is 2.18. The van der Waals surface area contributed by atoms with Gasteiger partial charge >= 0.3 is 0 Å². The Labute approximate surface area is 118 Å². The molecular formula is C15H16N4O. The van der Waals surface area contributed by atoms with Gasteiger partial charge in [0.15, 0.2) is 5.82 Å². The molecule has 0 saturated heterocycles. The van der Waals surface area contributed by atoms with Gasteiger partial charge in [-0.05, 0) is 23.8 Å². The first-order chi connectivity index (χ1) is 9.63. The Hall–Kier alpha value is -2.74. The highest BCUT2D eigenvalue weighted by molar-refractivity contribution is 5.64. The van der Waals surface area contributed by atoms with Gasteiger partial charge in [0.1, 0.15) is 11.8 Å². The molecule has 5 nitrogen and oxygen atoms in total. The largest absolute Gasteiger partial charge is 0.497 e. The Balaban J connectivity index is 2.19. The van der Waals surface area contributed by atoms with Gasteiger partial charge in [-0.15, -0.1) is 0 Å². The molecule has 2 rings (SSSR count). The summed E-state index contributed by atoms with van der Waals surface area (Å²) < 4.78 is 5.20. The molecule has 2 aromatic rings. The molecule has 1 heterocycles. The number of hydrogen-bond donors (Lipinski definition) is 1. The number of rotatable bonds is 4. The molecule has 102 valence electrons. The number of aromatic nitrogens is 1. The van der Waals surface area contributed by atoms with Gasteiger partial charge in [0, 0.05) is 19.8 Å². The van der Waals surface area contributed by atoms with Crippen LogP contribution in [0.5, 0.6) is 5.75 Å². The van der Waals surface area contributed by atoms with E-state index in [1.54, 1.807) is 13.2 Å². The van der Waals surface area contributed by atoms with E-state index in [0.29, 0.717) is 23.6 Å². The molecule has 0 unspecified atom stereocenters. The van der Waals surface area contributed by atoms with E-state index < -0.39 is 0 Å². The molecule has 0 aliphatic rings. The van der Waals surface area contributed by atoms with Crippen molar-refractivity contribution < 1.29 is 4.74 Å². The molecule has 0 bridgehead atoms. The van der Waals surface area contributed by atoms with Crippen LogP contribution in [-0.4, -0.2) is 19.1 Å². The number of nitriles is 1. The minimum Gasteiger partial charge on any atom is -0.497 e. The van der Waals surface area contributed by atoms with Crippen molar-refractivity contribution in [2.24, 2.45) is 0 Å². The fourth-order valence-electron chi connectivity index (χ4n) is 1.97. The Morgan fingerprint density at radius 2 is 2.20 bits per heavy atom. The van der Waals surface area contributed by atoms with Gasteiger partial charge in [0.25, 0.3) is 0 Å². The normalized spacial score (nSPS) is 9.85. The van der Waals surface area contributed by atoms with Crippen molar-refractivity contribution in [3.05, 3.63) is 47.7 Å². The van der Waals surface area contributed by atoms with E-state index in [1.165, 1.54) is 6.20 Å². The van der Waals surface area contributed by atoms with Crippen LogP contribution >= 0.6 is 0 Å². The molecule has 5 heteroatoms. The Kier molecular flexibility index (Phi) is 4.06. The molecule has 1 aromatic heterocycles. The third-order valence-corrected chi connectivity index (χ3v) is 2.94. The molecule has 1 aromatic carbocycles. The maximum Gasteiger partial charge on any atom is 0.151 e. The van der Waals surface area contributed by atoms with E-state index in [2.05, 4.69) is 4.98 Å². The summed E-state index contributed by atoms with van der Waals surface area (Å²) in [6.07, 6.45) is 1.52. The summed E-state index contributed by atoms with van der Waals surface area (Å²) in [5, 5.41) is 8.81. The second-order valence-corrected chi connectivity index (χ2v) is 4.46. The van der Waals surface area contributed by atoms with E-state index in [4.69, 9.17) is 15.7 Å². The fourth-order valence-corrected chi connectivity index (χ4v) is 1.97. The van der Waals surface area contributed by atoms with Crippen molar-refractivity contribution in [3.63, 3.8) is 0 Å². The summed E-state index contributed by atoms with van der Waals surface area (Å²) in [5.74, 6) is 1.48. The number of benzene rings is 1. The lowest BCUT2D eigenvalue weighted by molar-refractivity contribution is 0.414. The summed E-state index contributed by atoms with van der Waals surface area (Å²) in [6.45, 7) is 0.653. The Morgan fingerprint density at radius 3 is 2.85 bits per heavy atom. The molecular weight excluding hydrogens is 252 g/mol. The molecule has 0 fully saturated rings. The zero-order valence-electron chi connectivity index (χ0n) is 11.5. The van der Waals surface area contributed by atoms with Crippen molar-refractivity contribution >= 4 is 11.5 Å². The Morgan fingerprint density at radius 1 is 1.40 bits per heavy atom. The first kappa shape index (κ1) is 13.7. The number of hydrogen-bond acceptors (Lipinski definition) is 5. The molecule has 0 saturated carbocycles. The van der Waals surface area contributed by atoms with Crippen molar-refractivity contribution in [1.29, 1.82) is 5.26 Å². The van der Waals surface area contributed by atoms with E-state index >= 15 is 0 Å². The van der Waals surface area contributed by atoms with Gasteiger partial charge in [-0.1, -0.05) is 12.1 Å². The van der Waals surface area contributed by atoms with Gasteiger partial charge < -0.3 is 15.4 Å². The average molecular weight is 268 g/mol. The van der Waals surface area contributed by atoms with Crippen LogP contribution in [0.4, 0.5) is 11.5 Å². The number of nitrogen functional groups attached to an aromatic ring is 1. The quantitative estimate of drug-likeness (QED) is 0.919. The summed E-state index contributed by atoms with van der Waals surface area (Å²) in [5.41, 5.74) is 7.98. The van der Waals surface area contributed by atoms with E-state index in [-0.39, 0.29) is 0 Å². The maximum absolute atomic E-state index is 8.81. The van der Waals surface area contributed by atoms with Crippen LogP contribution in [0.15, 0.2) is 36.5 Å². The highest BCUT2D eigenvalue weighted by Gasteiger charge is 2.09. The summed E-state index contributed by atoms with van der Waals surface area (Å²) >= 11 is 0. The lowest BCUT2D eigenvalue weighted by Crippen LogP contribution is -2.19. The molecule has 0 spiro atoms. The number of nitrogens with zero attached hydrogens (tertiary/aromatic N) is 3. The molecule has 0 atom stereocenters. The first-order valence-electron chi connectivity index (χ1n) is 6.13.